The molecule has 10 aromatic rings. The van der Waals surface area contributed by atoms with Gasteiger partial charge in [0.25, 0.3) is 0 Å². The fourth-order valence-electron chi connectivity index (χ4n) is 8.86. The van der Waals surface area contributed by atoms with Gasteiger partial charge in [-0.2, -0.15) is 18.4 Å². The highest BCUT2D eigenvalue weighted by atomic mass is 19.4. The molecule has 0 spiro atoms. The topological polar surface area (TPSA) is 38.0 Å². The molecule has 60 heavy (non-hydrogen) atoms. The highest BCUT2D eigenvalue weighted by Gasteiger charge is 2.35. The van der Waals surface area contributed by atoms with Crippen LogP contribution >= 0.6 is 0 Å². The van der Waals surface area contributed by atoms with Crippen molar-refractivity contribution in [2.24, 2.45) is 0 Å². The number of para-hydroxylation sites is 2. The van der Waals surface area contributed by atoms with Gasteiger partial charge in [0, 0.05) is 21.5 Å². The molecule has 286 valence electrons. The van der Waals surface area contributed by atoms with Crippen molar-refractivity contribution in [1.29, 1.82) is 5.26 Å². The van der Waals surface area contributed by atoms with Crippen LogP contribution in [-0.2, 0) is 6.18 Å². The number of hydrogen-bond acceptors (Lipinski definition) is 1. The van der Waals surface area contributed by atoms with E-state index in [1.807, 2.05) is 108 Å². The predicted molar refractivity (Wildman–Crippen MR) is 237 cm³/mol. The van der Waals surface area contributed by atoms with Crippen molar-refractivity contribution in [1.82, 2.24) is 9.13 Å². The molecule has 0 saturated heterocycles. The average Bonchev–Trinajstić information content (AvgIpc) is 3.77. The summed E-state index contributed by atoms with van der Waals surface area (Å²) in [7, 11) is 0. The van der Waals surface area contributed by atoms with Crippen LogP contribution in [0.15, 0.2) is 164 Å². The molecule has 0 unspecified atom stereocenters. The normalized spacial score (nSPS) is 11.7. The Balaban J connectivity index is 1.38. The Bertz CT molecular complexity index is 3300. The number of halogens is 3. The van der Waals surface area contributed by atoms with Gasteiger partial charge in [0.15, 0.2) is 5.69 Å². The summed E-state index contributed by atoms with van der Waals surface area (Å²) >= 11 is 0. The van der Waals surface area contributed by atoms with Gasteiger partial charge in [-0.1, -0.05) is 139 Å². The summed E-state index contributed by atoms with van der Waals surface area (Å²) in [6.07, 6.45) is -4.77. The van der Waals surface area contributed by atoms with Gasteiger partial charge in [-0.3, -0.25) is 0 Å². The molecule has 0 radical (unpaired) electrons. The molecule has 2 aromatic heterocycles. The van der Waals surface area contributed by atoms with Crippen LogP contribution in [0.25, 0.3) is 93.2 Å². The molecule has 0 fully saturated rings. The number of aryl methyl sites for hydroxylation is 2. The molecule has 7 heteroatoms. The fraction of sp³-hybridized carbons (Fsp3) is 0.0566. The van der Waals surface area contributed by atoms with Crippen LogP contribution in [0.3, 0.4) is 0 Å². The summed E-state index contributed by atoms with van der Waals surface area (Å²) in [6.45, 7) is 12.1. The van der Waals surface area contributed by atoms with E-state index in [0.29, 0.717) is 11.4 Å². The first kappa shape index (κ1) is 36.5. The molecular weight excluding hydrogens is 750 g/mol. The first-order chi connectivity index (χ1) is 29.1. The third kappa shape index (κ3) is 5.82. The Morgan fingerprint density at radius 1 is 0.500 bits per heavy atom. The molecule has 0 aliphatic heterocycles. The van der Waals surface area contributed by atoms with Crippen LogP contribution in [0.2, 0.25) is 0 Å². The van der Waals surface area contributed by atoms with Crippen molar-refractivity contribution in [3.8, 4) is 50.8 Å². The summed E-state index contributed by atoms with van der Waals surface area (Å²) in [5.74, 6) is 0. The van der Waals surface area contributed by atoms with Gasteiger partial charge in [0.05, 0.1) is 45.6 Å². The van der Waals surface area contributed by atoms with E-state index >= 15 is 13.2 Å². The van der Waals surface area contributed by atoms with Gasteiger partial charge in [-0.15, -0.1) is 0 Å². The van der Waals surface area contributed by atoms with Crippen molar-refractivity contribution < 1.29 is 13.2 Å². The average molecular weight is 783 g/mol. The van der Waals surface area contributed by atoms with Crippen molar-refractivity contribution in [2.45, 2.75) is 20.0 Å². The zero-order chi connectivity index (χ0) is 41.3. The van der Waals surface area contributed by atoms with E-state index in [1.54, 1.807) is 12.1 Å². The highest BCUT2D eigenvalue weighted by Crippen LogP contribution is 2.46. The molecule has 10 rings (SSSR count). The lowest BCUT2D eigenvalue weighted by atomic mass is 9.94. The lowest BCUT2D eigenvalue weighted by Gasteiger charge is -2.21. The van der Waals surface area contributed by atoms with E-state index in [-0.39, 0.29) is 22.4 Å². The number of hydrogen-bond donors (Lipinski definition) is 0. The molecular formula is C53H33F3N4. The molecule has 0 N–H and O–H groups in total. The number of alkyl halides is 3. The second-order valence-corrected chi connectivity index (χ2v) is 15.2. The van der Waals surface area contributed by atoms with E-state index in [2.05, 4.69) is 59.4 Å². The van der Waals surface area contributed by atoms with Gasteiger partial charge in [0.2, 0.25) is 0 Å². The second kappa shape index (κ2) is 13.9. The minimum absolute atomic E-state index is 0.139. The number of fused-ring (bicyclic) bond motifs is 6. The maximum Gasteiger partial charge on any atom is 0.415 e. The van der Waals surface area contributed by atoms with Crippen molar-refractivity contribution in [2.75, 3.05) is 0 Å². The summed E-state index contributed by atoms with van der Waals surface area (Å²) in [5.41, 5.74) is 9.19. The molecule has 0 atom stereocenters. The number of nitrogens with zero attached hydrogens (tertiary/aromatic N) is 4. The second-order valence-electron chi connectivity index (χ2n) is 15.2. The summed E-state index contributed by atoms with van der Waals surface area (Å²) < 4.78 is 49.2. The van der Waals surface area contributed by atoms with Crippen molar-refractivity contribution in [3.05, 3.63) is 197 Å². The van der Waals surface area contributed by atoms with Crippen molar-refractivity contribution in [3.63, 3.8) is 0 Å². The number of benzene rings is 8. The Labute approximate surface area is 344 Å². The fourth-order valence-corrected chi connectivity index (χ4v) is 8.86. The quantitative estimate of drug-likeness (QED) is 0.160. The molecule has 0 aliphatic rings. The Morgan fingerprint density at radius 3 is 1.43 bits per heavy atom. The van der Waals surface area contributed by atoms with Gasteiger partial charge < -0.3 is 9.13 Å². The van der Waals surface area contributed by atoms with E-state index in [9.17, 15) is 5.26 Å². The monoisotopic (exact) mass is 782 g/mol. The minimum Gasteiger partial charge on any atom is -0.308 e. The summed E-state index contributed by atoms with van der Waals surface area (Å²) in [4.78, 5) is 3.62. The molecule has 0 aliphatic carbocycles. The van der Waals surface area contributed by atoms with Crippen molar-refractivity contribution >= 4 is 49.3 Å². The van der Waals surface area contributed by atoms with Gasteiger partial charge >= 0.3 is 6.18 Å². The zero-order valence-corrected chi connectivity index (χ0v) is 32.5. The molecule has 8 aromatic carbocycles. The van der Waals surface area contributed by atoms with Gasteiger partial charge in [-0.25, -0.2) is 4.85 Å². The maximum atomic E-state index is 15.1. The molecule has 0 bridgehead atoms. The van der Waals surface area contributed by atoms with Gasteiger partial charge in [-0.05, 0) is 83.6 Å². The van der Waals surface area contributed by atoms with Crippen LogP contribution in [0.1, 0.15) is 22.3 Å². The lowest BCUT2D eigenvalue weighted by Crippen LogP contribution is -2.09. The van der Waals surface area contributed by atoms with Gasteiger partial charge in [0.1, 0.15) is 11.6 Å². The van der Waals surface area contributed by atoms with E-state index in [1.165, 1.54) is 12.1 Å². The Morgan fingerprint density at radius 2 is 0.967 bits per heavy atom. The molecule has 0 amide bonds. The summed E-state index contributed by atoms with van der Waals surface area (Å²) in [5, 5.41) is 15.2. The lowest BCUT2D eigenvalue weighted by molar-refractivity contribution is -0.137. The van der Waals surface area contributed by atoms with Crippen LogP contribution in [0, 0.1) is 31.8 Å². The maximum absolute atomic E-state index is 15.1. The molecule has 0 saturated carbocycles. The minimum atomic E-state index is -4.77. The Hall–Kier alpha value is -7.87. The highest BCUT2D eigenvalue weighted by molar-refractivity contribution is 6.12. The smallest absolute Gasteiger partial charge is 0.308 e. The van der Waals surface area contributed by atoms with E-state index < -0.39 is 11.7 Å². The zero-order valence-electron chi connectivity index (χ0n) is 32.5. The van der Waals surface area contributed by atoms with Crippen LogP contribution in [0.4, 0.5) is 18.9 Å². The van der Waals surface area contributed by atoms with E-state index in [0.717, 1.165) is 83.1 Å². The standard InChI is InChI=1S/C53H33F3N4/c1-32-11-8-13-34(25-32)36-21-23-41-39-15-4-6-19-46(39)59(48(41)27-36)50-29-38(52-44(53(54,55)56)17-10-18-45(52)58-3)30-51(43(50)31-57)60-47-20-7-5-16-40(47)42-24-22-37(28-49(42)60)35-14-9-12-33(2)26-35/h4-30H,1-2H3. The van der Waals surface area contributed by atoms with Crippen LogP contribution in [0.5, 0.6) is 0 Å². The number of rotatable bonds is 5. The van der Waals surface area contributed by atoms with E-state index in [4.69, 9.17) is 6.57 Å². The largest absolute Gasteiger partial charge is 0.415 e. The molecule has 4 nitrogen and oxygen atoms in total. The third-order valence-corrected chi connectivity index (χ3v) is 11.5. The number of nitriles is 1. The van der Waals surface area contributed by atoms with Crippen LogP contribution < -0.4 is 0 Å². The first-order valence-corrected chi connectivity index (χ1v) is 19.5. The Kier molecular flexibility index (Phi) is 8.45. The predicted octanol–water partition coefficient (Wildman–Crippen LogP) is 14.9. The third-order valence-electron chi connectivity index (χ3n) is 11.5. The first-order valence-electron chi connectivity index (χ1n) is 19.5. The SMILES string of the molecule is [C-]#[N+]c1cccc(C(F)(F)F)c1-c1cc(-n2c3ccccc3c3ccc(-c4cccc(C)c4)cc32)c(C#N)c(-n2c3ccccc3c3ccc(-c4cccc(C)c4)cc32)c1. The van der Waals surface area contributed by atoms with Crippen LogP contribution in [-0.4, -0.2) is 9.13 Å². The number of aromatic nitrogens is 2. The summed E-state index contributed by atoms with van der Waals surface area (Å²) in [6, 6.07) is 54.2. The molecule has 2 heterocycles.